The predicted octanol–water partition coefficient (Wildman–Crippen LogP) is 1.96. The lowest BCUT2D eigenvalue weighted by atomic mass is 10.2. The lowest BCUT2D eigenvalue weighted by Gasteiger charge is -2.07. The number of hydrogen-bond acceptors (Lipinski definition) is 4. The topological polar surface area (TPSA) is 84.5 Å². The van der Waals surface area contributed by atoms with Crippen LogP contribution in [0.1, 0.15) is 37.0 Å². The van der Waals surface area contributed by atoms with Crippen molar-refractivity contribution in [3.05, 3.63) is 29.8 Å². The van der Waals surface area contributed by atoms with E-state index in [1.807, 2.05) is 0 Å². The molecule has 6 nitrogen and oxygen atoms in total. The van der Waals surface area contributed by atoms with E-state index in [4.69, 9.17) is 4.74 Å². The maximum atomic E-state index is 11.8. The third-order valence-electron chi connectivity index (χ3n) is 3.76. The standard InChI is InChI=1S/C17H22N2O4/c1-11-10-15(11)16(21)19-14-6-4-13(5-7-14)17(22)23-9-3-8-18-12(2)20/h4-7,11,15H,3,8-10H2,1-2H3,(H,18,20)(H,19,21). The number of ether oxygens (including phenoxy) is 1. The summed E-state index contributed by atoms with van der Waals surface area (Å²) >= 11 is 0. The highest BCUT2D eigenvalue weighted by Gasteiger charge is 2.39. The van der Waals surface area contributed by atoms with Crippen molar-refractivity contribution in [1.29, 1.82) is 0 Å². The molecule has 1 aliphatic carbocycles. The average molecular weight is 318 g/mol. The molecular weight excluding hydrogens is 296 g/mol. The Bertz CT molecular complexity index is 583. The van der Waals surface area contributed by atoms with Gasteiger partial charge in [-0.3, -0.25) is 9.59 Å². The fourth-order valence-corrected chi connectivity index (χ4v) is 2.20. The highest BCUT2D eigenvalue weighted by molar-refractivity contribution is 5.95. The number of hydrogen-bond donors (Lipinski definition) is 2. The first kappa shape index (κ1) is 17.0. The fraction of sp³-hybridized carbons (Fsp3) is 0.471. The molecule has 2 unspecified atom stereocenters. The van der Waals surface area contributed by atoms with Crippen molar-refractivity contribution in [2.75, 3.05) is 18.5 Å². The molecule has 2 atom stereocenters. The minimum absolute atomic E-state index is 0.0331. The Hall–Kier alpha value is -2.37. The minimum atomic E-state index is -0.415. The highest BCUT2D eigenvalue weighted by Crippen LogP contribution is 2.38. The molecule has 1 aliphatic rings. The zero-order chi connectivity index (χ0) is 16.8. The molecule has 1 aromatic rings. The Morgan fingerprint density at radius 1 is 1.22 bits per heavy atom. The van der Waals surface area contributed by atoms with Gasteiger partial charge in [-0.05, 0) is 43.0 Å². The molecule has 0 heterocycles. The molecule has 0 spiro atoms. The van der Waals surface area contributed by atoms with E-state index in [1.165, 1.54) is 6.92 Å². The molecule has 1 fully saturated rings. The van der Waals surface area contributed by atoms with Crippen LogP contribution >= 0.6 is 0 Å². The molecule has 0 saturated heterocycles. The van der Waals surface area contributed by atoms with Crippen LogP contribution in [0.5, 0.6) is 0 Å². The SMILES string of the molecule is CC(=O)NCCCOC(=O)c1ccc(NC(=O)C2CC2C)cc1. The van der Waals surface area contributed by atoms with E-state index >= 15 is 0 Å². The van der Waals surface area contributed by atoms with E-state index in [9.17, 15) is 14.4 Å². The van der Waals surface area contributed by atoms with Crippen LogP contribution in [0.4, 0.5) is 5.69 Å². The summed E-state index contributed by atoms with van der Waals surface area (Å²) in [7, 11) is 0. The largest absolute Gasteiger partial charge is 0.462 e. The second-order valence-electron chi connectivity index (χ2n) is 5.86. The number of carbonyl (C=O) groups excluding carboxylic acids is 3. The number of carbonyl (C=O) groups is 3. The zero-order valence-electron chi connectivity index (χ0n) is 13.4. The summed E-state index contributed by atoms with van der Waals surface area (Å²) in [6.07, 6.45) is 1.51. The fourth-order valence-electron chi connectivity index (χ4n) is 2.20. The van der Waals surface area contributed by atoms with E-state index in [0.717, 1.165) is 6.42 Å². The Morgan fingerprint density at radius 2 is 1.87 bits per heavy atom. The van der Waals surface area contributed by atoms with E-state index < -0.39 is 5.97 Å². The summed E-state index contributed by atoms with van der Waals surface area (Å²) in [4.78, 5) is 34.3. The lowest BCUT2D eigenvalue weighted by molar-refractivity contribution is -0.119. The zero-order valence-corrected chi connectivity index (χ0v) is 13.4. The second kappa shape index (κ2) is 7.76. The first-order valence-electron chi connectivity index (χ1n) is 7.80. The van der Waals surface area contributed by atoms with E-state index in [2.05, 4.69) is 17.6 Å². The number of amides is 2. The van der Waals surface area contributed by atoms with Crippen molar-refractivity contribution < 1.29 is 19.1 Å². The minimum Gasteiger partial charge on any atom is -0.462 e. The van der Waals surface area contributed by atoms with Crippen molar-refractivity contribution in [1.82, 2.24) is 5.32 Å². The number of anilines is 1. The first-order valence-corrected chi connectivity index (χ1v) is 7.80. The monoisotopic (exact) mass is 318 g/mol. The molecule has 23 heavy (non-hydrogen) atoms. The van der Waals surface area contributed by atoms with E-state index in [1.54, 1.807) is 24.3 Å². The van der Waals surface area contributed by atoms with Crippen LogP contribution in [0.3, 0.4) is 0 Å². The Kier molecular flexibility index (Phi) is 5.73. The van der Waals surface area contributed by atoms with Crippen molar-refractivity contribution in [2.24, 2.45) is 11.8 Å². The van der Waals surface area contributed by atoms with Gasteiger partial charge in [0.1, 0.15) is 0 Å². The Labute approximate surface area is 135 Å². The molecule has 0 aromatic heterocycles. The average Bonchev–Trinajstić information content (AvgIpc) is 3.24. The summed E-state index contributed by atoms with van der Waals surface area (Å²) in [5, 5.41) is 5.47. The van der Waals surface area contributed by atoms with Crippen molar-refractivity contribution in [3.8, 4) is 0 Å². The molecule has 2 amide bonds. The molecule has 2 N–H and O–H groups in total. The summed E-state index contributed by atoms with van der Waals surface area (Å²) in [6, 6.07) is 6.64. The third-order valence-corrected chi connectivity index (χ3v) is 3.76. The van der Waals surface area contributed by atoms with Crippen molar-refractivity contribution in [2.45, 2.75) is 26.7 Å². The van der Waals surface area contributed by atoms with Gasteiger partial charge in [0.05, 0.1) is 12.2 Å². The van der Waals surface area contributed by atoms with Gasteiger partial charge in [-0.2, -0.15) is 0 Å². The maximum absolute atomic E-state index is 11.8. The number of esters is 1. The van der Waals surface area contributed by atoms with Crippen molar-refractivity contribution in [3.63, 3.8) is 0 Å². The van der Waals surface area contributed by atoms with E-state index in [0.29, 0.717) is 30.1 Å². The quantitative estimate of drug-likeness (QED) is 0.594. The Morgan fingerprint density at radius 3 is 2.43 bits per heavy atom. The van der Waals surface area contributed by atoms with E-state index in [-0.39, 0.29) is 24.3 Å². The predicted molar refractivity (Wildman–Crippen MR) is 85.9 cm³/mol. The summed E-state index contributed by atoms with van der Waals surface area (Å²) in [5.41, 5.74) is 1.11. The molecule has 2 rings (SSSR count). The number of nitrogens with one attached hydrogen (secondary N) is 2. The van der Waals surface area contributed by atoms with Crippen LogP contribution in [0.15, 0.2) is 24.3 Å². The van der Waals surface area contributed by atoms with Gasteiger partial charge < -0.3 is 15.4 Å². The van der Waals surface area contributed by atoms with Crippen LogP contribution in [-0.4, -0.2) is 30.9 Å². The molecule has 6 heteroatoms. The van der Waals surface area contributed by atoms with Crippen molar-refractivity contribution >= 4 is 23.5 Å². The molecule has 1 saturated carbocycles. The molecule has 0 aliphatic heterocycles. The molecule has 0 bridgehead atoms. The van der Waals surface area contributed by atoms with Gasteiger partial charge in [-0.1, -0.05) is 6.92 Å². The van der Waals surface area contributed by atoms with Gasteiger partial charge in [-0.15, -0.1) is 0 Å². The van der Waals surface area contributed by atoms with Gasteiger partial charge in [0.2, 0.25) is 11.8 Å². The van der Waals surface area contributed by atoms with Gasteiger partial charge in [0.25, 0.3) is 0 Å². The summed E-state index contributed by atoms with van der Waals surface area (Å²) in [5.74, 6) is 0.0897. The van der Waals surface area contributed by atoms with Crippen LogP contribution in [0.25, 0.3) is 0 Å². The normalized spacial score (nSPS) is 18.9. The second-order valence-corrected chi connectivity index (χ2v) is 5.86. The molecule has 124 valence electrons. The van der Waals surface area contributed by atoms with Gasteiger partial charge >= 0.3 is 5.97 Å². The molecular formula is C17H22N2O4. The van der Waals surface area contributed by atoms with Gasteiger partial charge in [-0.25, -0.2) is 4.79 Å². The number of rotatable bonds is 7. The van der Waals surface area contributed by atoms with Crippen LogP contribution in [0.2, 0.25) is 0 Å². The maximum Gasteiger partial charge on any atom is 0.338 e. The third kappa shape index (κ3) is 5.39. The summed E-state index contributed by atoms with van der Waals surface area (Å²) < 4.78 is 5.12. The van der Waals surface area contributed by atoms with Crippen LogP contribution in [0, 0.1) is 11.8 Å². The highest BCUT2D eigenvalue weighted by atomic mass is 16.5. The molecule has 0 radical (unpaired) electrons. The lowest BCUT2D eigenvalue weighted by Crippen LogP contribution is -2.22. The smallest absolute Gasteiger partial charge is 0.338 e. The van der Waals surface area contributed by atoms with Crippen LogP contribution < -0.4 is 10.6 Å². The van der Waals surface area contributed by atoms with Gasteiger partial charge in [0.15, 0.2) is 0 Å². The molecule has 1 aromatic carbocycles. The first-order chi connectivity index (χ1) is 11.0. The Balaban J connectivity index is 1.74. The van der Waals surface area contributed by atoms with Crippen LogP contribution in [-0.2, 0) is 14.3 Å². The number of benzene rings is 1. The van der Waals surface area contributed by atoms with Gasteiger partial charge in [0, 0.05) is 25.1 Å². The summed E-state index contributed by atoms with van der Waals surface area (Å²) in [6.45, 7) is 4.22.